The summed E-state index contributed by atoms with van der Waals surface area (Å²) in [4.78, 5) is 4.39. The molecule has 0 N–H and O–H groups in total. The lowest BCUT2D eigenvalue weighted by atomic mass is 10.1. The SMILES string of the molecule is C=CC(=CC(C)C=C)C1=CC=C=C(C)C=N1. The Morgan fingerprint density at radius 2 is 2.25 bits per heavy atom. The molecular formula is C15H17N. The van der Waals surface area contributed by atoms with Crippen LogP contribution in [0.25, 0.3) is 0 Å². The number of allylic oxidation sites excluding steroid dienone is 5. The molecule has 0 aromatic heterocycles. The van der Waals surface area contributed by atoms with Gasteiger partial charge in [0.2, 0.25) is 0 Å². The number of rotatable bonds is 4. The smallest absolute Gasteiger partial charge is 0.0705 e. The summed E-state index contributed by atoms with van der Waals surface area (Å²) >= 11 is 0. The average Bonchev–Trinajstić information content (AvgIpc) is 2.50. The molecule has 0 spiro atoms. The van der Waals surface area contributed by atoms with E-state index in [1.807, 2.05) is 37.4 Å². The van der Waals surface area contributed by atoms with Crippen molar-refractivity contribution in [3.63, 3.8) is 0 Å². The largest absolute Gasteiger partial charge is 0.255 e. The normalized spacial score (nSPS) is 17.2. The summed E-state index contributed by atoms with van der Waals surface area (Å²) in [7, 11) is 0. The maximum absolute atomic E-state index is 4.39. The van der Waals surface area contributed by atoms with Crippen molar-refractivity contribution in [2.45, 2.75) is 13.8 Å². The van der Waals surface area contributed by atoms with Gasteiger partial charge in [0, 0.05) is 11.8 Å². The standard InChI is InChI=1S/C15H17N/c1-5-12(3)10-14(6-2)15-9-7-8-13(4)11-16-15/h5-7,9-12H,1-2H2,3-4H3. The van der Waals surface area contributed by atoms with Gasteiger partial charge in [-0.3, -0.25) is 4.99 Å². The molecule has 1 rings (SSSR count). The van der Waals surface area contributed by atoms with Crippen molar-refractivity contribution in [2.24, 2.45) is 10.9 Å². The summed E-state index contributed by atoms with van der Waals surface area (Å²) in [6.07, 6.45) is 11.4. The number of hydrogen-bond donors (Lipinski definition) is 0. The molecule has 1 nitrogen and oxygen atoms in total. The van der Waals surface area contributed by atoms with Crippen LogP contribution in [0.15, 0.2) is 71.1 Å². The second-order valence-corrected chi connectivity index (χ2v) is 3.73. The monoisotopic (exact) mass is 211 g/mol. The van der Waals surface area contributed by atoms with E-state index in [1.165, 1.54) is 0 Å². The van der Waals surface area contributed by atoms with Crippen molar-refractivity contribution in [2.75, 3.05) is 0 Å². The van der Waals surface area contributed by atoms with Crippen LogP contribution in [0.1, 0.15) is 13.8 Å². The van der Waals surface area contributed by atoms with Crippen LogP contribution in [-0.2, 0) is 0 Å². The predicted molar refractivity (Wildman–Crippen MR) is 71.5 cm³/mol. The van der Waals surface area contributed by atoms with Crippen LogP contribution in [0.2, 0.25) is 0 Å². The molecule has 1 heteroatoms. The van der Waals surface area contributed by atoms with E-state index in [9.17, 15) is 0 Å². The molecule has 0 fully saturated rings. The minimum Gasteiger partial charge on any atom is -0.255 e. The molecule has 1 unspecified atom stereocenters. The molecule has 0 aliphatic carbocycles. The molecule has 1 aliphatic heterocycles. The highest BCUT2D eigenvalue weighted by Crippen LogP contribution is 2.17. The molecule has 0 radical (unpaired) electrons. The fourth-order valence-electron chi connectivity index (χ4n) is 1.28. The Kier molecular flexibility index (Phi) is 4.50. The molecule has 0 saturated heterocycles. The summed E-state index contributed by atoms with van der Waals surface area (Å²) in [5.41, 5.74) is 6.06. The van der Waals surface area contributed by atoms with Gasteiger partial charge in [-0.1, -0.05) is 31.7 Å². The lowest BCUT2D eigenvalue weighted by molar-refractivity contribution is 0.934. The van der Waals surface area contributed by atoms with Gasteiger partial charge in [0.05, 0.1) is 5.70 Å². The molecule has 0 bridgehead atoms. The van der Waals surface area contributed by atoms with Crippen LogP contribution in [0, 0.1) is 5.92 Å². The maximum atomic E-state index is 4.39. The molecular weight excluding hydrogens is 194 g/mol. The van der Waals surface area contributed by atoms with Crippen molar-refractivity contribution in [3.8, 4) is 0 Å². The lowest BCUT2D eigenvalue weighted by Gasteiger charge is -2.04. The first-order chi connectivity index (χ1) is 7.67. The second-order valence-electron chi connectivity index (χ2n) is 3.73. The van der Waals surface area contributed by atoms with E-state index in [4.69, 9.17) is 0 Å². The fourth-order valence-corrected chi connectivity index (χ4v) is 1.28. The summed E-state index contributed by atoms with van der Waals surface area (Å²) in [5, 5.41) is 0. The van der Waals surface area contributed by atoms with Gasteiger partial charge in [-0.05, 0) is 30.6 Å². The summed E-state index contributed by atoms with van der Waals surface area (Å²) in [5.74, 6) is 0.311. The van der Waals surface area contributed by atoms with E-state index in [0.29, 0.717) is 5.92 Å². The Morgan fingerprint density at radius 1 is 1.50 bits per heavy atom. The van der Waals surface area contributed by atoms with Crippen LogP contribution in [0.5, 0.6) is 0 Å². The van der Waals surface area contributed by atoms with E-state index in [1.54, 1.807) is 0 Å². The van der Waals surface area contributed by atoms with Gasteiger partial charge in [0.15, 0.2) is 0 Å². The molecule has 82 valence electrons. The second kappa shape index (κ2) is 5.89. The Balaban J connectivity index is 3.01. The third-order valence-electron chi connectivity index (χ3n) is 2.28. The van der Waals surface area contributed by atoms with Crippen LogP contribution < -0.4 is 0 Å². The Labute approximate surface area is 97.6 Å². The summed E-state index contributed by atoms with van der Waals surface area (Å²) < 4.78 is 0. The third-order valence-corrected chi connectivity index (χ3v) is 2.28. The fraction of sp³-hybridized carbons (Fsp3) is 0.200. The van der Waals surface area contributed by atoms with Crippen molar-refractivity contribution >= 4 is 6.21 Å². The van der Waals surface area contributed by atoms with Crippen molar-refractivity contribution in [3.05, 3.63) is 66.1 Å². The minimum atomic E-state index is 0.311. The van der Waals surface area contributed by atoms with E-state index in [-0.39, 0.29) is 0 Å². The highest BCUT2D eigenvalue weighted by atomic mass is 14.7. The Morgan fingerprint density at radius 3 is 2.88 bits per heavy atom. The van der Waals surface area contributed by atoms with Gasteiger partial charge in [0.25, 0.3) is 0 Å². The van der Waals surface area contributed by atoms with Crippen LogP contribution in [0.3, 0.4) is 0 Å². The first kappa shape index (κ1) is 12.2. The molecule has 1 aliphatic rings. The highest BCUT2D eigenvalue weighted by Gasteiger charge is 2.01. The van der Waals surface area contributed by atoms with Gasteiger partial charge < -0.3 is 0 Å². The number of nitrogens with zero attached hydrogens (tertiary/aromatic N) is 1. The quantitative estimate of drug-likeness (QED) is 0.379. The number of aliphatic imine (C=N–C) groups is 1. The molecule has 0 aromatic carbocycles. The van der Waals surface area contributed by atoms with Crippen LogP contribution in [-0.4, -0.2) is 6.21 Å². The summed E-state index contributed by atoms with van der Waals surface area (Å²) in [6, 6.07) is 0. The van der Waals surface area contributed by atoms with E-state index >= 15 is 0 Å². The summed E-state index contributed by atoms with van der Waals surface area (Å²) in [6.45, 7) is 11.6. The maximum Gasteiger partial charge on any atom is 0.0705 e. The van der Waals surface area contributed by atoms with E-state index in [0.717, 1.165) is 16.8 Å². The molecule has 1 atom stereocenters. The minimum absolute atomic E-state index is 0.311. The molecule has 0 aromatic rings. The van der Waals surface area contributed by atoms with E-state index < -0.39 is 0 Å². The zero-order chi connectivity index (χ0) is 12.0. The van der Waals surface area contributed by atoms with E-state index in [2.05, 4.69) is 36.9 Å². The van der Waals surface area contributed by atoms with Gasteiger partial charge in [0.1, 0.15) is 0 Å². The third kappa shape index (κ3) is 3.38. The van der Waals surface area contributed by atoms with Gasteiger partial charge in [-0.25, -0.2) is 0 Å². The average molecular weight is 211 g/mol. The predicted octanol–water partition coefficient (Wildman–Crippen LogP) is 3.99. The highest BCUT2D eigenvalue weighted by molar-refractivity contribution is 5.79. The molecule has 0 amide bonds. The number of hydrogen-bond acceptors (Lipinski definition) is 1. The molecule has 16 heavy (non-hydrogen) atoms. The van der Waals surface area contributed by atoms with Crippen LogP contribution in [0.4, 0.5) is 0 Å². The first-order valence-corrected chi connectivity index (χ1v) is 5.32. The zero-order valence-electron chi connectivity index (χ0n) is 9.90. The lowest BCUT2D eigenvalue weighted by Crippen LogP contribution is -1.89. The van der Waals surface area contributed by atoms with Crippen LogP contribution >= 0.6 is 0 Å². The van der Waals surface area contributed by atoms with Crippen molar-refractivity contribution in [1.29, 1.82) is 0 Å². The van der Waals surface area contributed by atoms with Gasteiger partial charge >= 0.3 is 0 Å². The Bertz CT molecular complexity index is 438. The van der Waals surface area contributed by atoms with Gasteiger partial charge in [-0.15, -0.1) is 12.3 Å². The Hall–Kier alpha value is -1.85. The topological polar surface area (TPSA) is 12.4 Å². The first-order valence-electron chi connectivity index (χ1n) is 5.32. The zero-order valence-corrected chi connectivity index (χ0v) is 9.90. The van der Waals surface area contributed by atoms with Gasteiger partial charge in [-0.2, -0.15) is 0 Å². The molecule has 1 heterocycles. The van der Waals surface area contributed by atoms with Crippen molar-refractivity contribution in [1.82, 2.24) is 0 Å². The molecule has 0 saturated carbocycles. The van der Waals surface area contributed by atoms with Crippen molar-refractivity contribution < 1.29 is 0 Å².